The van der Waals surface area contributed by atoms with Crippen LogP contribution in [0.5, 0.6) is 0 Å². The molecule has 0 radical (unpaired) electrons. The van der Waals surface area contributed by atoms with Gasteiger partial charge in [0.05, 0.1) is 11.8 Å². The van der Waals surface area contributed by atoms with Crippen LogP contribution in [0.1, 0.15) is 30.2 Å². The number of thioether (sulfide) groups is 1. The van der Waals surface area contributed by atoms with Gasteiger partial charge in [-0.05, 0) is 17.7 Å². The van der Waals surface area contributed by atoms with E-state index in [1.165, 1.54) is 5.56 Å². The van der Waals surface area contributed by atoms with Crippen LogP contribution in [0.2, 0.25) is 0 Å². The minimum Gasteiger partial charge on any atom is -0.338 e. The van der Waals surface area contributed by atoms with E-state index < -0.39 is 0 Å². The maximum absolute atomic E-state index is 6.07. The number of hydrogen-bond acceptors (Lipinski definition) is 5. The number of benzene rings is 1. The van der Waals surface area contributed by atoms with Crippen molar-refractivity contribution in [1.29, 1.82) is 0 Å². The van der Waals surface area contributed by atoms with Crippen molar-refractivity contribution < 1.29 is 4.52 Å². The van der Waals surface area contributed by atoms with Gasteiger partial charge in [0, 0.05) is 0 Å². The SMILES string of the molecule is CCSCc1noc([C@@H](N)Cc2ccccc2)n1. The molecule has 1 aromatic heterocycles. The van der Waals surface area contributed by atoms with Gasteiger partial charge in [0.25, 0.3) is 0 Å². The highest BCUT2D eigenvalue weighted by Gasteiger charge is 2.15. The lowest BCUT2D eigenvalue weighted by Gasteiger charge is -2.05. The van der Waals surface area contributed by atoms with Crippen molar-refractivity contribution in [2.75, 3.05) is 5.75 Å². The van der Waals surface area contributed by atoms with Crippen molar-refractivity contribution in [2.45, 2.75) is 25.1 Å². The van der Waals surface area contributed by atoms with Crippen LogP contribution < -0.4 is 5.73 Å². The van der Waals surface area contributed by atoms with E-state index in [1.54, 1.807) is 11.8 Å². The predicted molar refractivity (Wildman–Crippen MR) is 73.2 cm³/mol. The molecule has 0 aliphatic heterocycles. The lowest BCUT2D eigenvalue weighted by atomic mass is 10.1. The molecule has 0 amide bonds. The third kappa shape index (κ3) is 3.58. The second kappa shape index (κ2) is 6.56. The van der Waals surface area contributed by atoms with Gasteiger partial charge in [-0.3, -0.25) is 0 Å². The summed E-state index contributed by atoms with van der Waals surface area (Å²) < 4.78 is 5.20. The zero-order valence-corrected chi connectivity index (χ0v) is 11.2. The molecule has 0 unspecified atom stereocenters. The van der Waals surface area contributed by atoms with Crippen LogP contribution in [-0.4, -0.2) is 15.9 Å². The molecular formula is C13H17N3OS. The maximum Gasteiger partial charge on any atom is 0.243 e. The summed E-state index contributed by atoms with van der Waals surface area (Å²) in [4.78, 5) is 4.32. The van der Waals surface area contributed by atoms with E-state index in [2.05, 4.69) is 17.1 Å². The van der Waals surface area contributed by atoms with E-state index in [0.29, 0.717) is 12.3 Å². The third-order valence-corrected chi connectivity index (χ3v) is 3.41. The zero-order valence-electron chi connectivity index (χ0n) is 10.4. The number of nitrogens with zero attached hydrogens (tertiary/aromatic N) is 2. The Kier molecular flexibility index (Phi) is 4.78. The topological polar surface area (TPSA) is 64.9 Å². The molecule has 1 heterocycles. The lowest BCUT2D eigenvalue weighted by Crippen LogP contribution is -2.13. The van der Waals surface area contributed by atoms with Gasteiger partial charge in [-0.2, -0.15) is 16.7 Å². The summed E-state index contributed by atoms with van der Waals surface area (Å²) in [6, 6.07) is 9.84. The van der Waals surface area contributed by atoms with Crippen molar-refractivity contribution in [2.24, 2.45) is 5.73 Å². The molecule has 0 fully saturated rings. The molecule has 5 heteroatoms. The van der Waals surface area contributed by atoms with E-state index in [9.17, 15) is 0 Å². The largest absolute Gasteiger partial charge is 0.338 e. The Morgan fingerprint density at radius 2 is 2.11 bits per heavy atom. The minimum absolute atomic E-state index is 0.236. The Morgan fingerprint density at radius 3 is 2.83 bits per heavy atom. The van der Waals surface area contributed by atoms with E-state index in [-0.39, 0.29) is 6.04 Å². The first-order valence-electron chi connectivity index (χ1n) is 5.99. The summed E-state index contributed by atoms with van der Waals surface area (Å²) in [5, 5.41) is 3.93. The average molecular weight is 263 g/mol. The highest BCUT2D eigenvalue weighted by atomic mass is 32.2. The molecule has 4 nitrogen and oxygen atoms in total. The summed E-state index contributed by atoms with van der Waals surface area (Å²) in [6.45, 7) is 2.10. The molecular weight excluding hydrogens is 246 g/mol. The molecule has 18 heavy (non-hydrogen) atoms. The normalized spacial score (nSPS) is 12.6. The Balaban J connectivity index is 1.96. The zero-order chi connectivity index (χ0) is 12.8. The number of hydrogen-bond donors (Lipinski definition) is 1. The van der Waals surface area contributed by atoms with Crippen LogP contribution in [0.4, 0.5) is 0 Å². The van der Waals surface area contributed by atoms with Gasteiger partial charge in [0.1, 0.15) is 0 Å². The van der Waals surface area contributed by atoms with Crippen LogP contribution in [0.25, 0.3) is 0 Å². The van der Waals surface area contributed by atoms with Gasteiger partial charge < -0.3 is 10.3 Å². The fraction of sp³-hybridized carbons (Fsp3) is 0.385. The van der Waals surface area contributed by atoms with Gasteiger partial charge >= 0.3 is 0 Å². The second-order valence-electron chi connectivity index (χ2n) is 3.98. The van der Waals surface area contributed by atoms with Crippen molar-refractivity contribution in [3.8, 4) is 0 Å². The molecule has 2 rings (SSSR count). The van der Waals surface area contributed by atoms with E-state index >= 15 is 0 Å². The predicted octanol–water partition coefficient (Wildman–Crippen LogP) is 2.57. The van der Waals surface area contributed by atoms with Gasteiger partial charge in [-0.1, -0.05) is 42.4 Å². The van der Waals surface area contributed by atoms with Gasteiger partial charge in [-0.25, -0.2) is 0 Å². The van der Waals surface area contributed by atoms with Crippen LogP contribution >= 0.6 is 11.8 Å². The molecule has 0 saturated heterocycles. The molecule has 2 N–H and O–H groups in total. The van der Waals surface area contributed by atoms with Gasteiger partial charge in [0.2, 0.25) is 5.89 Å². The van der Waals surface area contributed by atoms with Crippen LogP contribution in [-0.2, 0) is 12.2 Å². The first-order chi connectivity index (χ1) is 8.79. The number of rotatable bonds is 6. The quantitative estimate of drug-likeness (QED) is 0.867. The molecule has 0 aliphatic rings. The summed E-state index contributed by atoms with van der Waals surface area (Å²) in [5.74, 6) is 3.06. The first kappa shape index (κ1) is 13.1. The lowest BCUT2D eigenvalue weighted by molar-refractivity contribution is 0.351. The second-order valence-corrected chi connectivity index (χ2v) is 5.26. The van der Waals surface area contributed by atoms with Gasteiger partial charge in [-0.15, -0.1) is 0 Å². The highest BCUT2D eigenvalue weighted by molar-refractivity contribution is 7.98. The van der Waals surface area contributed by atoms with Crippen molar-refractivity contribution >= 4 is 11.8 Å². The Morgan fingerprint density at radius 1 is 1.33 bits per heavy atom. The third-order valence-electron chi connectivity index (χ3n) is 2.53. The molecule has 0 spiro atoms. The smallest absolute Gasteiger partial charge is 0.243 e. The Bertz CT molecular complexity index is 472. The molecule has 0 saturated carbocycles. The standard InChI is InChI=1S/C13H17N3OS/c1-2-18-9-12-15-13(17-16-12)11(14)8-10-6-4-3-5-7-10/h3-7,11H,2,8-9,14H2,1H3/t11-/m0/s1. The Labute approximate surface area is 111 Å². The number of nitrogens with two attached hydrogens (primary N) is 1. The number of aromatic nitrogens is 2. The summed E-state index contributed by atoms with van der Waals surface area (Å²) in [5.41, 5.74) is 7.24. The van der Waals surface area contributed by atoms with E-state index in [0.717, 1.165) is 17.3 Å². The van der Waals surface area contributed by atoms with Crippen molar-refractivity contribution in [1.82, 2.24) is 10.1 Å². The molecule has 96 valence electrons. The molecule has 0 bridgehead atoms. The molecule has 2 aromatic rings. The Hall–Kier alpha value is -1.33. The molecule has 1 atom stereocenters. The van der Waals surface area contributed by atoms with E-state index in [1.807, 2.05) is 30.3 Å². The fourth-order valence-electron chi connectivity index (χ4n) is 1.63. The monoisotopic (exact) mass is 263 g/mol. The van der Waals surface area contributed by atoms with Crippen molar-refractivity contribution in [3.05, 3.63) is 47.6 Å². The molecule has 0 aliphatic carbocycles. The van der Waals surface area contributed by atoms with Crippen molar-refractivity contribution in [3.63, 3.8) is 0 Å². The minimum atomic E-state index is -0.236. The molecule has 1 aromatic carbocycles. The van der Waals surface area contributed by atoms with Gasteiger partial charge in [0.15, 0.2) is 5.82 Å². The summed E-state index contributed by atoms with van der Waals surface area (Å²) in [7, 11) is 0. The summed E-state index contributed by atoms with van der Waals surface area (Å²) in [6.07, 6.45) is 0.712. The van der Waals surface area contributed by atoms with E-state index in [4.69, 9.17) is 10.3 Å². The van der Waals surface area contributed by atoms with Crippen LogP contribution in [0.3, 0.4) is 0 Å². The highest BCUT2D eigenvalue weighted by Crippen LogP contribution is 2.16. The fourth-order valence-corrected chi connectivity index (χ4v) is 2.13. The maximum atomic E-state index is 6.07. The van der Waals surface area contributed by atoms with Crippen LogP contribution in [0, 0.1) is 0 Å². The first-order valence-corrected chi connectivity index (χ1v) is 7.14. The average Bonchev–Trinajstić information content (AvgIpc) is 2.86. The summed E-state index contributed by atoms with van der Waals surface area (Å²) >= 11 is 1.76. The van der Waals surface area contributed by atoms with Crippen LogP contribution in [0.15, 0.2) is 34.9 Å².